The smallest absolute Gasteiger partial charge is 0.310 e. The Morgan fingerprint density at radius 3 is 2.50 bits per heavy atom. The minimum atomic E-state index is -0.271. The van der Waals surface area contributed by atoms with E-state index in [1.807, 2.05) is 13.0 Å². The van der Waals surface area contributed by atoms with E-state index in [9.17, 15) is 4.79 Å². The van der Waals surface area contributed by atoms with Crippen molar-refractivity contribution in [3.05, 3.63) is 27.9 Å². The van der Waals surface area contributed by atoms with Crippen molar-refractivity contribution in [3.8, 4) is 0 Å². The fourth-order valence-corrected chi connectivity index (χ4v) is 0.738. The molecule has 1 heterocycles. The molecule has 1 N–H and O–H groups in total. The van der Waals surface area contributed by atoms with Gasteiger partial charge in [-0.3, -0.25) is 0 Å². The fraction of sp³-hybridized carbons (Fsp3) is 0.333. The van der Waals surface area contributed by atoms with Crippen molar-refractivity contribution in [2.45, 2.75) is 13.8 Å². The Kier molecular flexibility index (Phi) is 3.09. The van der Waals surface area contributed by atoms with Crippen LogP contribution in [0.3, 0.4) is 0 Å². The van der Waals surface area contributed by atoms with Gasteiger partial charge >= 0.3 is 5.69 Å². The first kappa shape index (κ1) is 9.17. The zero-order valence-corrected chi connectivity index (χ0v) is 6.66. The van der Waals surface area contributed by atoms with Crippen molar-refractivity contribution >= 4 is 12.4 Å². The Morgan fingerprint density at radius 1 is 1.50 bits per heavy atom. The predicted octanol–water partition coefficient (Wildman–Crippen LogP) is 0.809. The van der Waals surface area contributed by atoms with Gasteiger partial charge in [-0.25, -0.2) is 4.79 Å². The summed E-state index contributed by atoms with van der Waals surface area (Å²) in [6, 6.07) is 1.82. The van der Waals surface area contributed by atoms with Crippen molar-refractivity contribution in [1.82, 2.24) is 9.97 Å². The molecule has 0 atom stereocenters. The van der Waals surface area contributed by atoms with Crippen LogP contribution in [0.5, 0.6) is 0 Å². The lowest BCUT2D eigenvalue weighted by Gasteiger charge is -1.90. The van der Waals surface area contributed by atoms with Crippen LogP contribution < -0.4 is 5.69 Å². The highest BCUT2D eigenvalue weighted by Gasteiger charge is 1.88. The van der Waals surface area contributed by atoms with Crippen LogP contribution in [0.15, 0.2) is 10.9 Å². The van der Waals surface area contributed by atoms with Crippen LogP contribution in [0.4, 0.5) is 0 Å². The van der Waals surface area contributed by atoms with Gasteiger partial charge in [-0.1, -0.05) is 0 Å². The second kappa shape index (κ2) is 3.37. The Balaban J connectivity index is 0.000000810. The third-order valence-corrected chi connectivity index (χ3v) is 1.01. The molecule has 56 valence electrons. The van der Waals surface area contributed by atoms with Gasteiger partial charge in [0, 0.05) is 11.4 Å². The number of nitrogens with one attached hydrogen (secondary N) is 1. The van der Waals surface area contributed by atoms with Gasteiger partial charge in [0.15, 0.2) is 0 Å². The molecule has 1 aromatic heterocycles. The highest BCUT2D eigenvalue weighted by Crippen LogP contribution is 1.88. The number of hydrogen-bond acceptors (Lipinski definition) is 2. The Labute approximate surface area is 64.9 Å². The lowest BCUT2D eigenvalue weighted by Crippen LogP contribution is -2.11. The molecule has 0 unspecified atom stereocenters. The van der Waals surface area contributed by atoms with Gasteiger partial charge in [-0.05, 0) is 19.9 Å². The molecule has 10 heavy (non-hydrogen) atoms. The minimum Gasteiger partial charge on any atom is -0.310 e. The maximum absolute atomic E-state index is 10.5. The summed E-state index contributed by atoms with van der Waals surface area (Å²) in [5.41, 5.74) is 1.34. The monoisotopic (exact) mass is 163 g/mol. The number of aromatic nitrogens is 2. The maximum Gasteiger partial charge on any atom is 0.345 e. The average molecular weight is 164 g/mol. The van der Waals surface area contributed by atoms with E-state index in [2.05, 4.69) is 9.97 Å². The first-order valence-corrected chi connectivity index (χ1v) is 2.73. The van der Waals surface area contributed by atoms with Crippen molar-refractivity contribution in [3.63, 3.8) is 0 Å². The molecule has 0 spiro atoms. The van der Waals surface area contributed by atoms with Gasteiger partial charge in [0.2, 0.25) is 0 Å². The van der Waals surface area contributed by atoms with E-state index in [0.717, 1.165) is 11.4 Å². The van der Waals surface area contributed by atoms with E-state index >= 15 is 0 Å². The molecule has 3 nitrogen and oxygen atoms in total. The number of aromatic amines is 1. The van der Waals surface area contributed by atoms with Crippen molar-refractivity contribution in [2.75, 3.05) is 0 Å². The standard InChI is InChI=1S/C6H8N2O.ClH/c1-4-3-5(2)8-6(9)7-4;/h3H,1-2H3,(H,7,8,9);1H/i6+1,7+1,8+1;. The minimum absolute atomic E-state index is 0. The first-order valence-electron chi connectivity index (χ1n) is 2.73. The topological polar surface area (TPSA) is 45.8 Å². The quantitative estimate of drug-likeness (QED) is 0.615. The molecule has 0 aliphatic carbocycles. The molecule has 0 aliphatic heterocycles. The first-order chi connectivity index (χ1) is 4.18. The Bertz CT molecular complexity index is 245. The van der Waals surface area contributed by atoms with Crippen LogP contribution >= 0.6 is 12.4 Å². The third-order valence-electron chi connectivity index (χ3n) is 1.01. The lowest BCUT2D eigenvalue weighted by atomic mass is 10.4. The molecule has 0 saturated carbocycles. The average Bonchev–Trinajstić information content (AvgIpc) is 1.59. The summed E-state index contributed by atoms with van der Waals surface area (Å²) in [6.07, 6.45) is 0. The molecule has 0 aliphatic rings. The number of H-pyrrole nitrogens is 1. The number of nitrogens with zero attached hydrogens (tertiary/aromatic N) is 1. The Hall–Kier alpha value is -0.830. The van der Waals surface area contributed by atoms with Gasteiger partial charge in [0.05, 0.1) is 0 Å². The molecule has 0 saturated heterocycles. The molecule has 0 fully saturated rings. The molecular weight excluding hydrogens is 155 g/mol. The number of rotatable bonds is 0. The van der Waals surface area contributed by atoms with E-state index in [0.29, 0.717) is 0 Å². The van der Waals surface area contributed by atoms with Gasteiger partial charge in [0.25, 0.3) is 0 Å². The van der Waals surface area contributed by atoms with E-state index in [1.54, 1.807) is 6.92 Å². The molecule has 1 rings (SSSR count). The summed E-state index contributed by atoms with van der Waals surface area (Å²) in [6.45, 7) is 3.62. The molecule has 0 radical (unpaired) electrons. The van der Waals surface area contributed by atoms with E-state index in [1.165, 1.54) is 0 Å². The molecule has 0 bridgehead atoms. The lowest BCUT2D eigenvalue weighted by molar-refractivity contribution is 0.988. The van der Waals surface area contributed by atoms with E-state index < -0.39 is 0 Å². The molecule has 0 aromatic carbocycles. The highest BCUT2D eigenvalue weighted by molar-refractivity contribution is 5.85. The number of hydrogen-bond donors (Lipinski definition) is 1. The normalized spacial score (nSPS) is 8.60. The maximum atomic E-state index is 10.5. The summed E-state index contributed by atoms with van der Waals surface area (Å²) in [5.74, 6) is 0. The van der Waals surface area contributed by atoms with Crippen molar-refractivity contribution in [2.24, 2.45) is 0 Å². The summed E-state index contributed by atoms with van der Waals surface area (Å²) in [4.78, 5) is 16.7. The number of halogens is 1. The zero-order valence-electron chi connectivity index (χ0n) is 5.84. The highest BCUT2D eigenvalue weighted by atomic mass is 35.5. The molecule has 0 amide bonds. The second-order valence-corrected chi connectivity index (χ2v) is 2.01. The van der Waals surface area contributed by atoms with Gasteiger partial charge in [-0.2, -0.15) is 4.98 Å². The Morgan fingerprint density at radius 2 is 2.10 bits per heavy atom. The van der Waals surface area contributed by atoms with Crippen LogP contribution in [0.2, 0.25) is 0 Å². The third kappa shape index (κ3) is 2.19. The summed E-state index contributed by atoms with van der Waals surface area (Å²) < 4.78 is 0. The zero-order chi connectivity index (χ0) is 6.85. The van der Waals surface area contributed by atoms with Crippen LogP contribution in [0, 0.1) is 13.8 Å². The summed E-state index contributed by atoms with van der Waals surface area (Å²) in [7, 11) is 0. The van der Waals surface area contributed by atoms with Gasteiger partial charge in [-0.15, -0.1) is 12.4 Å². The van der Waals surface area contributed by atoms with Crippen LogP contribution in [-0.4, -0.2) is 9.97 Å². The fourth-order valence-electron chi connectivity index (χ4n) is 0.738. The van der Waals surface area contributed by atoms with Crippen LogP contribution in [0.25, 0.3) is 0 Å². The SMILES string of the molecule is Cc1cc(C)[15nH][13c](=O)[15n]1.Cl. The van der Waals surface area contributed by atoms with E-state index in [4.69, 9.17) is 0 Å². The largest absolute Gasteiger partial charge is 0.345 e. The molecule has 1 aromatic rings. The van der Waals surface area contributed by atoms with Gasteiger partial charge < -0.3 is 4.98 Å². The van der Waals surface area contributed by atoms with Gasteiger partial charge in [0.1, 0.15) is 0 Å². The molecular formula is C6H9ClN2O. The van der Waals surface area contributed by atoms with Crippen LogP contribution in [-0.2, 0) is 0 Å². The van der Waals surface area contributed by atoms with Crippen molar-refractivity contribution < 1.29 is 0 Å². The molecule has 4 heteroatoms. The predicted molar refractivity (Wildman–Crippen MR) is 41.6 cm³/mol. The number of aryl methyl sites for hydroxylation is 2. The van der Waals surface area contributed by atoms with E-state index in [-0.39, 0.29) is 18.1 Å². The van der Waals surface area contributed by atoms with Crippen molar-refractivity contribution in [1.29, 1.82) is 0 Å². The summed E-state index contributed by atoms with van der Waals surface area (Å²) in [5, 5.41) is 0. The van der Waals surface area contributed by atoms with Crippen LogP contribution in [0.1, 0.15) is 11.4 Å². The second-order valence-electron chi connectivity index (χ2n) is 2.01. The summed E-state index contributed by atoms with van der Waals surface area (Å²) >= 11 is 0.